The minimum Gasteiger partial charge on any atom is -0.289 e. The highest BCUT2D eigenvalue weighted by atomic mass is 127. The van der Waals surface area contributed by atoms with E-state index in [2.05, 4.69) is 27.6 Å². The van der Waals surface area contributed by atoms with E-state index in [-0.39, 0.29) is 5.78 Å². The van der Waals surface area contributed by atoms with Crippen LogP contribution in [-0.4, -0.2) is 10.8 Å². The van der Waals surface area contributed by atoms with Crippen LogP contribution in [-0.2, 0) is 0 Å². The summed E-state index contributed by atoms with van der Waals surface area (Å²) in [7, 11) is 0. The Bertz CT molecular complexity index is 745. The van der Waals surface area contributed by atoms with Gasteiger partial charge in [0.2, 0.25) is 0 Å². The second-order valence-corrected chi connectivity index (χ2v) is 5.48. The first-order valence-corrected chi connectivity index (χ1v) is 6.96. The van der Waals surface area contributed by atoms with Crippen molar-refractivity contribution in [1.29, 1.82) is 0 Å². The van der Waals surface area contributed by atoms with E-state index in [0.29, 0.717) is 11.1 Å². The summed E-state index contributed by atoms with van der Waals surface area (Å²) in [6.45, 7) is 0. The minimum absolute atomic E-state index is 0.0370. The third-order valence-corrected chi connectivity index (χ3v) is 3.75. The normalized spacial score (nSPS) is 10.6. The van der Waals surface area contributed by atoms with Gasteiger partial charge in [-0.2, -0.15) is 0 Å². The van der Waals surface area contributed by atoms with Gasteiger partial charge in [0, 0.05) is 32.5 Å². The molecule has 3 rings (SSSR count). The molecule has 0 bridgehead atoms. The summed E-state index contributed by atoms with van der Waals surface area (Å²) < 4.78 is 1.12. The number of hydrogen-bond acceptors (Lipinski definition) is 2. The number of hydrogen-bond donors (Lipinski definition) is 0. The molecule has 0 aliphatic heterocycles. The van der Waals surface area contributed by atoms with E-state index in [1.807, 2.05) is 48.5 Å². The molecular weight excluding hydrogens is 349 g/mol. The summed E-state index contributed by atoms with van der Waals surface area (Å²) >= 11 is 2.23. The molecule has 92 valence electrons. The lowest BCUT2D eigenvalue weighted by molar-refractivity contribution is 0.104. The molecule has 3 aromatic rings. The fourth-order valence-electron chi connectivity index (χ4n) is 2.07. The first-order valence-electron chi connectivity index (χ1n) is 5.89. The van der Waals surface area contributed by atoms with E-state index < -0.39 is 0 Å². The van der Waals surface area contributed by atoms with Crippen LogP contribution in [0, 0.1) is 3.57 Å². The summed E-state index contributed by atoms with van der Waals surface area (Å²) in [6, 6.07) is 15.3. The third-order valence-electron chi connectivity index (χ3n) is 3.03. The zero-order valence-corrected chi connectivity index (χ0v) is 12.2. The fraction of sp³-hybridized carbons (Fsp3) is 0. The molecule has 0 aliphatic carbocycles. The SMILES string of the molecule is O=C(c1ccc(I)cc1)c1cccc2ccncc12. The van der Waals surface area contributed by atoms with Gasteiger partial charge >= 0.3 is 0 Å². The molecule has 19 heavy (non-hydrogen) atoms. The Morgan fingerprint density at radius 3 is 2.58 bits per heavy atom. The van der Waals surface area contributed by atoms with E-state index in [9.17, 15) is 4.79 Å². The number of halogens is 1. The molecule has 1 heterocycles. The monoisotopic (exact) mass is 359 g/mol. The van der Waals surface area contributed by atoms with Gasteiger partial charge in [-0.25, -0.2) is 0 Å². The fourth-order valence-corrected chi connectivity index (χ4v) is 2.43. The van der Waals surface area contributed by atoms with Crippen LogP contribution in [0.1, 0.15) is 15.9 Å². The lowest BCUT2D eigenvalue weighted by atomic mass is 9.99. The zero-order chi connectivity index (χ0) is 13.2. The van der Waals surface area contributed by atoms with Gasteiger partial charge in [-0.05, 0) is 58.3 Å². The first kappa shape index (κ1) is 12.3. The molecule has 2 nitrogen and oxygen atoms in total. The maximum Gasteiger partial charge on any atom is 0.193 e. The molecule has 2 aromatic carbocycles. The van der Waals surface area contributed by atoms with E-state index in [1.54, 1.807) is 12.4 Å². The summed E-state index contributed by atoms with van der Waals surface area (Å²) in [6.07, 6.45) is 3.48. The quantitative estimate of drug-likeness (QED) is 0.510. The summed E-state index contributed by atoms with van der Waals surface area (Å²) in [5.41, 5.74) is 1.41. The van der Waals surface area contributed by atoms with Crippen molar-refractivity contribution < 1.29 is 4.79 Å². The van der Waals surface area contributed by atoms with E-state index in [4.69, 9.17) is 0 Å². The van der Waals surface area contributed by atoms with Gasteiger partial charge in [0.05, 0.1) is 0 Å². The Morgan fingerprint density at radius 1 is 1.00 bits per heavy atom. The lowest BCUT2D eigenvalue weighted by Gasteiger charge is -2.05. The predicted octanol–water partition coefficient (Wildman–Crippen LogP) is 4.07. The minimum atomic E-state index is 0.0370. The topological polar surface area (TPSA) is 30.0 Å². The standard InChI is InChI=1S/C16H10INO/c17-13-6-4-12(5-7-13)16(19)14-3-1-2-11-8-9-18-10-15(11)14/h1-10H. The van der Waals surface area contributed by atoms with E-state index in [0.717, 1.165) is 14.3 Å². The number of ketones is 1. The summed E-state index contributed by atoms with van der Waals surface area (Å²) in [4.78, 5) is 16.7. The Balaban J connectivity index is 2.14. The van der Waals surface area contributed by atoms with Crippen LogP contribution < -0.4 is 0 Å². The van der Waals surface area contributed by atoms with Crippen LogP contribution in [0.3, 0.4) is 0 Å². The van der Waals surface area contributed by atoms with Gasteiger partial charge in [0.1, 0.15) is 0 Å². The maximum absolute atomic E-state index is 12.5. The molecular formula is C16H10INO. The van der Waals surface area contributed by atoms with Crippen molar-refractivity contribution in [2.75, 3.05) is 0 Å². The van der Waals surface area contributed by atoms with Gasteiger partial charge in [-0.1, -0.05) is 18.2 Å². The molecule has 0 saturated carbocycles. The smallest absolute Gasteiger partial charge is 0.193 e. The molecule has 0 N–H and O–H groups in total. The second kappa shape index (κ2) is 5.09. The largest absolute Gasteiger partial charge is 0.289 e. The molecule has 1 aromatic heterocycles. The van der Waals surface area contributed by atoms with Gasteiger partial charge in [-0.3, -0.25) is 9.78 Å². The number of carbonyl (C=O) groups excluding carboxylic acids is 1. The first-order chi connectivity index (χ1) is 9.25. The maximum atomic E-state index is 12.5. The van der Waals surface area contributed by atoms with Crippen molar-refractivity contribution in [2.45, 2.75) is 0 Å². The van der Waals surface area contributed by atoms with Crippen molar-refractivity contribution in [3.8, 4) is 0 Å². The van der Waals surface area contributed by atoms with Crippen molar-refractivity contribution in [3.05, 3.63) is 75.6 Å². The van der Waals surface area contributed by atoms with Gasteiger partial charge in [0.25, 0.3) is 0 Å². The Labute approximate surface area is 124 Å². The molecule has 0 aliphatic rings. The molecule has 0 amide bonds. The van der Waals surface area contributed by atoms with Crippen LogP contribution in [0.4, 0.5) is 0 Å². The van der Waals surface area contributed by atoms with Crippen LogP contribution >= 0.6 is 22.6 Å². The van der Waals surface area contributed by atoms with Crippen LogP contribution in [0.5, 0.6) is 0 Å². The number of rotatable bonds is 2. The highest BCUT2D eigenvalue weighted by Crippen LogP contribution is 2.21. The average molecular weight is 359 g/mol. The van der Waals surface area contributed by atoms with Crippen molar-refractivity contribution in [2.24, 2.45) is 0 Å². The van der Waals surface area contributed by atoms with E-state index >= 15 is 0 Å². The predicted molar refractivity (Wildman–Crippen MR) is 84.3 cm³/mol. The molecule has 0 unspecified atom stereocenters. The third kappa shape index (κ3) is 2.38. The van der Waals surface area contributed by atoms with Gasteiger partial charge in [-0.15, -0.1) is 0 Å². The Morgan fingerprint density at radius 2 is 1.79 bits per heavy atom. The van der Waals surface area contributed by atoms with Crippen LogP contribution in [0.15, 0.2) is 60.9 Å². The van der Waals surface area contributed by atoms with Crippen molar-refractivity contribution >= 4 is 39.1 Å². The number of fused-ring (bicyclic) bond motifs is 1. The van der Waals surface area contributed by atoms with Crippen molar-refractivity contribution in [1.82, 2.24) is 4.98 Å². The zero-order valence-electron chi connectivity index (χ0n) is 10.0. The molecule has 0 saturated heterocycles. The molecule has 0 radical (unpaired) electrons. The molecule has 0 spiro atoms. The van der Waals surface area contributed by atoms with E-state index in [1.165, 1.54) is 0 Å². The molecule has 0 atom stereocenters. The second-order valence-electron chi connectivity index (χ2n) is 4.24. The van der Waals surface area contributed by atoms with Crippen LogP contribution in [0.25, 0.3) is 10.8 Å². The van der Waals surface area contributed by atoms with Gasteiger partial charge < -0.3 is 0 Å². The number of benzene rings is 2. The summed E-state index contributed by atoms with van der Waals surface area (Å²) in [5.74, 6) is 0.0370. The highest BCUT2D eigenvalue weighted by Gasteiger charge is 2.12. The number of pyridine rings is 1. The Hall–Kier alpha value is -1.75. The molecule has 3 heteroatoms. The van der Waals surface area contributed by atoms with Crippen molar-refractivity contribution in [3.63, 3.8) is 0 Å². The molecule has 0 fully saturated rings. The lowest BCUT2D eigenvalue weighted by Crippen LogP contribution is -2.02. The van der Waals surface area contributed by atoms with Gasteiger partial charge in [0.15, 0.2) is 5.78 Å². The Kier molecular flexibility index (Phi) is 3.29. The average Bonchev–Trinajstić information content (AvgIpc) is 2.47. The number of carbonyl (C=O) groups is 1. The summed E-state index contributed by atoms with van der Waals surface area (Å²) in [5, 5.41) is 1.93. The number of nitrogens with zero attached hydrogens (tertiary/aromatic N) is 1. The highest BCUT2D eigenvalue weighted by molar-refractivity contribution is 14.1. The number of aromatic nitrogens is 1. The van der Waals surface area contributed by atoms with Crippen LogP contribution in [0.2, 0.25) is 0 Å².